The van der Waals surface area contributed by atoms with E-state index < -0.39 is 0 Å². The molecule has 8 heteroatoms. The highest BCUT2D eigenvalue weighted by Crippen LogP contribution is 2.22. The van der Waals surface area contributed by atoms with Crippen LogP contribution in [0.3, 0.4) is 0 Å². The lowest BCUT2D eigenvalue weighted by atomic mass is 9.96. The van der Waals surface area contributed by atoms with Gasteiger partial charge in [-0.15, -0.1) is 0 Å². The van der Waals surface area contributed by atoms with E-state index in [9.17, 15) is 9.59 Å². The molecule has 6 nitrogen and oxygen atoms in total. The molecule has 2 heterocycles. The molecule has 0 fully saturated rings. The number of benzene rings is 2. The van der Waals surface area contributed by atoms with Crippen molar-refractivity contribution in [3.8, 4) is 0 Å². The van der Waals surface area contributed by atoms with E-state index in [1.807, 2.05) is 18.2 Å². The second kappa shape index (κ2) is 10.7. The minimum Gasteiger partial charge on any atom is -0.467 e. The maximum atomic E-state index is 13.2. The van der Waals surface area contributed by atoms with Gasteiger partial charge in [-0.25, -0.2) is 4.98 Å². The molecule has 2 aromatic carbocycles. The smallest absolute Gasteiger partial charge is 0.262 e. The standard InChI is InChI=1S/C25H24ClN3O3S/c1-2-17(18-7-4-3-5-8-18)14-27-23(30)16-33-25-28-22-13-19(26)10-11-21(22)24(31)29(25)15-20-9-6-12-32-20/h3-13,17H,2,14-16H2,1H3,(H,27,30)/t17-/m0/s1. The summed E-state index contributed by atoms with van der Waals surface area (Å²) in [6.07, 6.45) is 2.49. The zero-order chi connectivity index (χ0) is 23.2. The topological polar surface area (TPSA) is 77.1 Å². The average Bonchev–Trinajstić information content (AvgIpc) is 3.34. The number of rotatable bonds is 9. The third-order valence-corrected chi connectivity index (χ3v) is 6.63. The number of nitrogens with zero attached hydrogens (tertiary/aromatic N) is 2. The van der Waals surface area contributed by atoms with Crippen LogP contribution in [-0.4, -0.2) is 27.8 Å². The van der Waals surface area contributed by atoms with Crippen molar-refractivity contribution in [3.05, 3.63) is 93.6 Å². The maximum absolute atomic E-state index is 13.2. The molecule has 0 spiro atoms. The lowest BCUT2D eigenvalue weighted by Gasteiger charge is -2.16. The summed E-state index contributed by atoms with van der Waals surface area (Å²) in [4.78, 5) is 30.4. The summed E-state index contributed by atoms with van der Waals surface area (Å²) in [5, 5.41) is 4.42. The second-order valence-electron chi connectivity index (χ2n) is 7.64. The Labute approximate surface area is 201 Å². The van der Waals surface area contributed by atoms with Gasteiger partial charge in [0.05, 0.1) is 29.5 Å². The van der Waals surface area contributed by atoms with Crippen molar-refractivity contribution in [1.29, 1.82) is 0 Å². The molecule has 4 aromatic rings. The Morgan fingerprint density at radius 3 is 2.73 bits per heavy atom. The first-order valence-electron chi connectivity index (χ1n) is 10.7. The van der Waals surface area contributed by atoms with Gasteiger partial charge < -0.3 is 9.73 Å². The van der Waals surface area contributed by atoms with Crippen molar-refractivity contribution in [2.45, 2.75) is 31.0 Å². The fourth-order valence-electron chi connectivity index (χ4n) is 3.62. The number of fused-ring (bicyclic) bond motifs is 1. The van der Waals surface area contributed by atoms with Crippen LogP contribution in [0.5, 0.6) is 0 Å². The van der Waals surface area contributed by atoms with Crippen LogP contribution in [0.2, 0.25) is 5.02 Å². The van der Waals surface area contributed by atoms with Gasteiger partial charge in [-0.3, -0.25) is 14.2 Å². The summed E-state index contributed by atoms with van der Waals surface area (Å²) in [6.45, 7) is 2.89. The van der Waals surface area contributed by atoms with Crippen LogP contribution in [0.15, 0.2) is 81.3 Å². The SMILES string of the molecule is CC[C@@H](CNC(=O)CSc1nc2cc(Cl)ccc2c(=O)n1Cc1ccco1)c1ccccc1. The van der Waals surface area contributed by atoms with Crippen LogP contribution in [0.4, 0.5) is 0 Å². The predicted octanol–water partition coefficient (Wildman–Crippen LogP) is 5.09. The summed E-state index contributed by atoms with van der Waals surface area (Å²) < 4.78 is 6.96. The van der Waals surface area contributed by atoms with E-state index in [0.717, 1.165) is 6.42 Å². The molecule has 0 saturated heterocycles. The number of thioether (sulfide) groups is 1. The Morgan fingerprint density at radius 1 is 1.18 bits per heavy atom. The summed E-state index contributed by atoms with van der Waals surface area (Å²) in [7, 11) is 0. The van der Waals surface area contributed by atoms with Crippen molar-refractivity contribution < 1.29 is 9.21 Å². The Bertz CT molecular complexity index is 1290. The fraction of sp³-hybridized carbons (Fsp3) is 0.240. The Morgan fingerprint density at radius 2 is 2.00 bits per heavy atom. The third-order valence-electron chi connectivity index (χ3n) is 5.42. The van der Waals surface area contributed by atoms with Gasteiger partial charge in [0.25, 0.3) is 5.56 Å². The molecule has 170 valence electrons. The van der Waals surface area contributed by atoms with Crippen LogP contribution < -0.4 is 10.9 Å². The van der Waals surface area contributed by atoms with Gasteiger partial charge >= 0.3 is 0 Å². The minimum absolute atomic E-state index is 0.112. The molecule has 0 aliphatic heterocycles. The predicted molar refractivity (Wildman–Crippen MR) is 132 cm³/mol. The highest BCUT2D eigenvalue weighted by Gasteiger charge is 2.16. The van der Waals surface area contributed by atoms with Crippen molar-refractivity contribution in [1.82, 2.24) is 14.9 Å². The van der Waals surface area contributed by atoms with E-state index in [2.05, 4.69) is 29.4 Å². The summed E-state index contributed by atoms with van der Waals surface area (Å²) in [5.74, 6) is 0.909. The number of carbonyl (C=O) groups is 1. The molecule has 0 unspecified atom stereocenters. The zero-order valence-corrected chi connectivity index (χ0v) is 19.7. The van der Waals surface area contributed by atoms with Gasteiger partial charge in [0, 0.05) is 17.5 Å². The van der Waals surface area contributed by atoms with Crippen molar-refractivity contribution >= 4 is 40.2 Å². The zero-order valence-electron chi connectivity index (χ0n) is 18.2. The lowest BCUT2D eigenvalue weighted by molar-refractivity contribution is -0.118. The van der Waals surface area contributed by atoms with E-state index >= 15 is 0 Å². The number of hydrogen-bond acceptors (Lipinski definition) is 5. The van der Waals surface area contributed by atoms with E-state index in [0.29, 0.717) is 33.4 Å². The van der Waals surface area contributed by atoms with E-state index in [1.165, 1.54) is 21.9 Å². The third kappa shape index (κ3) is 5.67. The Kier molecular flexibility index (Phi) is 7.52. The van der Waals surface area contributed by atoms with Crippen LogP contribution in [0.1, 0.15) is 30.6 Å². The lowest BCUT2D eigenvalue weighted by Crippen LogP contribution is -2.30. The van der Waals surface area contributed by atoms with E-state index in [1.54, 1.807) is 36.6 Å². The molecule has 0 aliphatic carbocycles. The molecule has 0 saturated carbocycles. The molecular weight excluding hydrogens is 458 g/mol. The number of amides is 1. The van der Waals surface area contributed by atoms with Crippen molar-refractivity contribution in [2.24, 2.45) is 0 Å². The molecule has 1 amide bonds. The number of furan rings is 1. The quantitative estimate of drug-likeness (QED) is 0.266. The van der Waals surface area contributed by atoms with Crippen molar-refractivity contribution in [2.75, 3.05) is 12.3 Å². The van der Waals surface area contributed by atoms with Gasteiger partial charge in [0.1, 0.15) is 5.76 Å². The van der Waals surface area contributed by atoms with Crippen LogP contribution in [0, 0.1) is 0 Å². The monoisotopic (exact) mass is 481 g/mol. The molecule has 1 N–H and O–H groups in total. The fourth-order valence-corrected chi connectivity index (χ4v) is 4.62. The summed E-state index contributed by atoms with van der Waals surface area (Å²) in [5.41, 5.74) is 1.50. The first kappa shape index (κ1) is 23.1. The number of nitrogens with one attached hydrogen (secondary N) is 1. The van der Waals surface area contributed by atoms with Crippen LogP contribution in [-0.2, 0) is 11.3 Å². The normalized spacial score (nSPS) is 12.1. The Hall–Kier alpha value is -3.03. The first-order valence-corrected chi connectivity index (χ1v) is 12.1. The highest BCUT2D eigenvalue weighted by atomic mass is 35.5. The largest absolute Gasteiger partial charge is 0.467 e. The molecule has 4 rings (SSSR count). The number of aromatic nitrogens is 2. The number of halogens is 1. The van der Waals surface area contributed by atoms with Crippen LogP contribution in [0.25, 0.3) is 10.9 Å². The van der Waals surface area contributed by atoms with E-state index in [-0.39, 0.29) is 29.7 Å². The van der Waals surface area contributed by atoms with Crippen molar-refractivity contribution in [3.63, 3.8) is 0 Å². The molecular formula is C25H24ClN3O3S. The van der Waals surface area contributed by atoms with Gasteiger partial charge in [0.2, 0.25) is 5.91 Å². The molecule has 2 aromatic heterocycles. The molecule has 0 radical (unpaired) electrons. The summed E-state index contributed by atoms with van der Waals surface area (Å²) in [6, 6.07) is 18.7. The first-order chi connectivity index (χ1) is 16.0. The minimum atomic E-state index is -0.203. The van der Waals surface area contributed by atoms with Gasteiger partial charge in [0.15, 0.2) is 5.16 Å². The maximum Gasteiger partial charge on any atom is 0.262 e. The van der Waals surface area contributed by atoms with Gasteiger partial charge in [-0.2, -0.15) is 0 Å². The Balaban J connectivity index is 1.51. The summed E-state index contributed by atoms with van der Waals surface area (Å²) >= 11 is 7.33. The highest BCUT2D eigenvalue weighted by molar-refractivity contribution is 7.99. The molecule has 0 bridgehead atoms. The second-order valence-corrected chi connectivity index (χ2v) is 9.01. The van der Waals surface area contributed by atoms with Gasteiger partial charge in [-0.05, 0) is 42.3 Å². The van der Waals surface area contributed by atoms with E-state index in [4.69, 9.17) is 16.0 Å². The average molecular weight is 482 g/mol. The molecule has 33 heavy (non-hydrogen) atoms. The molecule has 1 atom stereocenters. The van der Waals surface area contributed by atoms with Gasteiger partial charge in [-0.1, -0.05) is 60.6 Å². The number of carbonyl (C=O) groups excluding carboxylic acids is 1. The van der Waals surface area contributed by atoms with Crippen LogP contribution >= 0.6 is 23.4 Å². The number of hydrogen-bond donors (Lipinski definition) is 1. The molecule has 0 aliphatic rings.